The van der Waals surface area contributed by atoms with Crippen LogP contribution in [-0.4, -0.2) is 9.55 Å². The van der Waals surface area contributed by atoms with Crippen molar-refractivity contribution in [3.8, 4) is 34.0 Å². The van der Waals surface area contributed by atoms with Gasteiger partial charge in [-0.3, -0.25) is 0 Å². The number of nitriles is 1. The van der Waals surface area contributed by atoms with Crippen molar-refractivity contribution in [3.63, 3.8) is 0 Å². The van der Waals surface area contributed by atoms with E-state index in [9.17, 15) is 5.26 Å². The van der Waals surface area contributed by atoms with Crippen LogP contribution >= 0.6 is 0 Å². The van der Waals surface area contributed by atoms with Gasteiger partial charge in [0.2, 0.25) is 0 Å². The third kappa shape index (κ3) is 3.22. The van der Waals surface area contributed by atoms with Crippen molar-refractivity contribution in [3.05, 3.63) is 133 Å². The van der Waals surface area contributed by atoms with Crippen LogP contribution in [0, 0.1) is 11.3 Å². The minimum Gasteiger partial charge on any atom is -0.455 e. The molecule has 8 rings (SSSR count). The second-order valence-corrected chi connectivity index (χ2v) is 9.89. The molecular weight excluding hydrogens is 490 g/mol. The summed E-state index contributed by atoms with van der Waals surface area (Å²) in [6, 6.07) is 43.9. The number of hydrogen-bond donors (Lipinski definition) is 0. The summed E-state index contributed by atoms with van der Waals surface area (Å²) in [5.41, 5.74) is 9.75. The molecule has 0 atom stereocenters. The molecule has 0 unspecified atom stereocenters. The first-order valence-electron chi connectivity index (χ1n) is 13.2. The molecule has 8 aromatic rings. The van der Waals surface area contributed by atoms with Crippen LogP contribution in [0.4, 0.5) is 0 Å². The molecule has 0 saturated carbocycles. The molecule has 40 heavy (non-hydrogen) atoms. The molecule has 0 fully saturated rings. The van der Waals surface area contributed by atoms with Crippen LogP contribution in [0.25, 0.3) is 71.7 Å². The van der Waals surface area contributed by atoms with Gasteiger partial charge >= 0.3 is 0 Å². The van der Waals surface area contributed by atoms with Crippen molar-refractivity contribution >= 4 is 43.7 Å². The van der Waals surface area contributed by atoms with Crippen LogP contribution < -0.4 is 0 Å². The first-order valence-corrected chi connectivity index (χ1v) is 13.2. The molecule has 0 N–H and O–H groups in total. The van der Waals surface area contributed by atoms with Crippen LogP contribution in [0.2, 0.25) is 0 Å². The highest BCUT2D eigenvalue weighted by Crippen LogP contribution is 2.43. The van der Waals surface area contributed by atoms with Gasteiger partial charge in [-0.05, 0) is 53.6 Å². The Morgan fingerprint density at radius 2 is 1.32 bits per heavy atom. The SMILES string of the molecule is N#Cc1ccc(-c2ccccc2-c2ccccc2-n2c3ccccc3c3c4oc5ccccc5c4ccc32)cn1. The Kier molecular flexibility index (Phi) is 4.85. The summed E-state index contributed by atoms with van der Waals surface area (Å²) in [5.74, 6) is 0. The van der Waals surface area contributed by atoms with Gasteiger partial charge in [-0.15, -0.1) is 0 Å². The second-order valence-electron chi connectivity index (χ2n) is 9.89. The van der Waals surface area contributed by atoms with Crippen molar-refractivity contribution in [1.82, 2.24) is 9.55 Å². The standard InChI is InChI=1S/C36H21N3O/c37-21-24-18-17-23(22-38-24)25-9-1-2-10-26(25)27-11-3-6-14-31(27)39-32-15-7-4-13-30(32)35-33(39)20-19-29-28-12-5-8-16-34(28)40-36(29)35/h1-20,22H. The predicted molar refractivity (Wildman–Crippen MR) is 161 cm³/mol. The van der Waals surface area contributed by atoms with E-state index in [1.54, 1.807) is 12.3 Å². The molecule has 3 heterocycles. The van der Waals surface area contributed by atoms with Gasteiger partial charge in [0.1, 0.15) is 22.9 Å². The third-order valence-corrected chi connectivity index (χ3v) is 7.73. The number of benzene rings is 5. The fourth-order valence-electron chi connectivity index (χ4n) is 5.98. The molecule has 0 radical (unpaired) electrons. The minimum absolute atomic E-state index is 0.406. The fourth-order valence-corrected chi connectivity index (χ4v) is 5.98. The minimum atomic E-state index is 0.406. The summed E-state index contributed by atoms with van der Waals surface area (Å²) in [6.45, 7) is 0. The molecule has 0 bridgehead atoms. The molecule has 0 aliphatic carbocycles. The first kappa shape index (κ1) is 22.3. The van der Waals surface area contributed by atoms with Gasteiger partial charge in [0.25, 0.3) is 0 Å². The summed E-state index contributed by atoms with van der Waals surface area (Å²) in [4.78, 5) is 4.33. The number of rotatable bonds is 3. The van der Waals surface area contributed by atoms with Crippen LogP contribution in [0.3, 0.4) is 0 Å². The summed E-state index contributed by atoms with van der Waals surface area (Å²) in [5, 5.41) is 13.8. The first-order chi connectivity index (χ1) is 19.8. The lowest BCUT2D eigenvalue weighted by molar-refractivity contribution is 0.673. The van der Waals surface area contributed by atoms with E-state index in [4.69, 9.17) is 4.42 Å². The number of furan rings is 1. The third-order valence-electron chi connectivity index (χ3n) is 7.73. The zero-order chi connectivity index (χ0) is 26.6. The molecule has 0 aliphatic heterocycles. The predicted octanol–water partition coefficient (Wildman–Crippen LogP) is 9.28. The van der Waals surface area contributed by atoms with Gasteiger partial charge in [0.15, 0.2) is 0 Å². The Bertz CT molecular complexity index is 2280. The van der Waals surface area contributed by atoms with E-state index >= 15 is 0 Å². The average molecular weight is 512 g/mol. The molecule has 3 aromatic heterocycles. The van der Waals surface area contributed by atoms with Gasteiger partial charge in [-0.25, -0.2) is 4.98 Å². The molecule has 0 spiro atoms. The monoisotopic (exact) mass is 511 g/mol. The number of aromatic nitrogens is 2. The highest BCUT2D eigenvalue weighted by molar-refractivity contribution is 6.24. The maximum Gasteiger partial charge on any atom is 0.145 e. The quantitative estimate of drug-likeness (QED) is 0.237. The Morgan fingerprint density at radius 3 is 2.15 bits per heavy atom. The molecule has 4 heteroatoms. The Balaban J connectivity index is 1.44. The highest BCUT2D eigenvalue weighted by Gasteiger charge is 2.20. The highest BCUT2D eigenvalue weighted by atomic mass is 16.3. The maximum atomic E-state index is 9.23. The van der Waals surface area contributed by atoms with Gasteiger partial charge in [-0.1, -0.05) is 78.9 Å². The zero-order valence-corrected chi connectivity index (χ0v) is 21.4. The smallest absolute Gasteiger partial charge is 0.145 e. The summed E-state index contributed by atoms with van der Waals surface area (Å²) in [6.07, 6.45) is 1.78. The lowest BCUT2D eigenvalue weighted by Gasteiger charge is -2.16. The van der Waals surface area contributed by atoms with Crippen molar-refractivity contribution in [2.45, 2.75) is 0 Å². The van der Waals surface area contributed by atoms with Crippen molar-refractivity contribution in [2.75, 3.05) is 0 Å². The zero-order valence-electron chi connectivity index (χ0n) is 21.4. The van der Waals surface area contributed by atoms with E-state index in [0.717, 1.165) is 71.7 Å². The van der Waals surface area contributed by atoms with Gasteiger partial charge in [0.05, 0.1) is 22.1 Å². The molecule has 0 aliphatic rings. The van der Waals surface area contributed by atoms with Crippen molar-refractivity contribution in [2.24, 2.45) is 0 Å². The number of hydrogen-bond acceptors (Lipinski definition) is 3. The number of pyridine rings is 1. The van der Waals surface area contributed by atoms with Crippen LogP contribution in [0.15, 0.2) is 132 Å². The van der Waals surface area contributed by atoms with Gasteiger partial charge < -0.3 is 8.98 Å². The number of para-hydroxylation sites is 3. The average Bonchev–Trinajstić information content (AvgIpc) is 3.57. The largest absolute Gasteiger partial charge is 0.455 e. The van der Waals surface area contributed by atoms with Crippen molar-refractivity contribution < 1.29 is 4.42 Å². The normalized spacial score (nSPS) is 11.5. The van der Waals surface area contributed by atoms with E-state index in [1.807, 2.05) is 24.3 Å². The fraction of sp³-hybridized carbons (Fsp3) is 0. The molecule has 0 amide bonds. The summed E-state index contributed by atoms with van der Waals surface area (Å²) < 4.78 is 8.84. The van der Waals surface area contributed by atoms with Crippen molar-refractivity contribution in [1.29, 1.82) is 5.26 Å². The molecular formula is C36H21N3O. The Hall–Kier alpha value is -5.66. The molecule has 4 nitrogen and oxygen atoms in total. The van der Waals surface area contributed by atoms with E-state index in [2.05, 4.69) is 107 Å². The number of fused-ring (bicyclic) bond motifs is 7. The van der Waals surface area contributed by atoms with Crippen LogP contribution in [0.1, 0.15) is 5.69 Å². The molecule has 186 valence electrons. The Labute approximate surface area is 230 Å². The second kappa shape index (κ2) is 8.69. The molecule has 0 saturated heterocycles. The van der Waals surface area contributed by atoms with E-state index in [1.165, 1.54) is 0 Å². The topological polar surface area (TPSA) is 54.8 Å². The number of nitrogens with zero attached hydrogens (tertiary/aromatic N) is 3. The van der Waals surface area contributed by atoms with Crippen LogP contribution in [-0.2, 0) is 0 Å². The summed E-state index contributed by atoms with van der Waals surface area (Å²) in [7, 11) is 0. The van der Waals surface area contributed by atoms with E-state index in [0.29, 0.717) is 5.69 Å². The van der Waals surface area contributed by atoms with E-state index in [-0.39, 0.29) is 0 Å². The lowest BCUT2D eigenvalue weighted by atomic mass is 9.94. The van der Waals surface area contributed by atoms with Crippen LogP contribution in [0.5, 0.6) is 0 Å². The Morgan fingerprint density at radius 1 is 0.600 bits per heavy atom. The lowest BCUT2D eigenvalue weighted by Crippen LogP contribution is -1.98. The summed E-state index contributed by atoms with van der Waals surface area (Å²) >= 11 is 0. The molecule has 5 aromatic carbocycles. The van der Waals surface area contributed by atoms with Gasteiger partial charge in [0, 0.05) is 33.5 Å². The maximum absolute atomic E-state index is 9.23. The van der Waals surface area contributed by atoms with Gasteiger partial charge in [-0.2, -0.15) is 5.26 Å². The van der Waals surface area contributed by atoms with E-state index < -0.39 is 0 Å².